The molecule has 0 aliphatic heterocycles. The van der Waals surface area contributed by atoms with Gasteiger partial charge in [0.05, 0.1) is 27.2 Å². The van der Waals surface area contributed by atoms with Crippen molar-refractivity contribution in [3.8, 4) is 0 Å². The minimum atomic E-state index is 0. The maximum Gasteiger partial charge on any atom is 0.0782 e. The Bertz CT molecular complexity index is 135. The van der Waals surface area contributed by atoms with Crippen molar-refractivity contribution in [1.29, 1.82) is 0 Å². The van der Waals surface area contributed by atoms with Crippen LogP contribution in [0.1, 0.15) is 65.2 Å². The molecule has 0 aromatic heterocycles. The molecule has 0 N–H and O–H groups in total. The number of halogens is 1. The minimum absolute atomic E-state index is 0. The zero-order chi connectivity index (χ0) is 11.6. The number of quaternary nitrogens is 1. The van der Waals surface area contributed by atoms with E-state index in [0.717, 1.165) is 0 Å². The number of unbranched alkanes of at least 4 members (excludes halogenated alkanes) is 7. The lowest BCUT2D eigenvalue weighted by molar-refractivity contribution is -0.888. The molecule has 0 aromatic rings. The molecule has 0 radical (unpaired) electrons. The molecular weight excluding hydrogens is 262 g/mol. The van der Waals surface area contributed by atoms with Crippen molar-refractivity contribution in [1.82, 2.24) is 0 Å². The van der Waals surface area contributed by atoms with Crippen LogP contribution in [0.15, 0.2) is 0 Å². The van der Waals surface area contributed by atoms with Gasteiger partial charge in [0.15, 0.2) is 0 Å². The van der Waals surface area contributed by atoms with Gasteiger partial charge in [-0.2, -0.15) is 0 Å². The van der Waals surface area contributed by atoms with Crippen LogP contribution in [0.25, 0.3) is 0 Å². The summed E-state index contributed by atoms with van der Waals surface area (Å²) in [5.41, 5.74) is 0. The van der Waals surface area contributed by atoms with Gasteiger partial charge in [-0.05, 0) is 19.8 Å². The predicted octanol–water partition coefficient (Wildman–Crippen LogP) is 1.23. The van der Waals surface area contributed by atoms with E-state index in [1.165, 1.54) is 68.9 Å². The quantitative estimate of drug-likeness (QED) is 0.420. The van der Waals surface area contributed by atoms with Gasteiger partial charge < -0.3 is 21.5 Å². The average molecular weight is 294 g/mol. The molecule has 0 spiro atoms. The third-order valence-electron chi connectivity index (χ3n) is 3.47. The number of nitrogens with zero attached hydrogens (tertiary/aromatic N) is 1. The summed E-state index contributed by atoms with van der Waals surface area (Å²) >= 11 is 0. The van der Waals surface area contributed by atoms with Gasteiger partial charge in [-0.25, -0.2) is 0 Å². The normalized spacial score (nSPS) is 11.2. The van der Waals surface area contributed by atoms with Gasteiger partial charge in [-0.3, -0.25) is 0 Å². The van der Waals surface area contributed by atoms with Crippen LogP contribution in [-0.2, 0) is 0 Å². The molecule has 0 saturated heterocycles. The number of hydrogen-bond donors (Lipinski definition) is 0. The molecule has 0 unspecified atom stereocenters. The fraction of sp³-hybridized carbons (Fsp3) is 1.00. The molecule has 0 aliphatic rings. The Morgan fingerprint density at radius 3 is 1.56 bits per heavy atom. The van der Waals surface area contributed by atoms with Gasteiger partial charge in [0.1, 0.15) is 0 Å². The molecule has 0 aromatic carbocycles. The number of rotatable bonds is 10. The highest BCUT2D eigenvalue weighted by molar-refractivity contribution is 4.45. The lowest BCUT2D eigenvalue weighted by atomic mass is 10.1. The monoisotopic (exact) mass is 293 g/mol. The Morgan fingerprint density at radius 2 is 1.12 bits per heavy atom. The largest absolute Gasteiger partial charge is 1.00 e. The van der Waals surface area contributed by atoms with Gasteiger partial charge >= 0.3 is 0 Å². The van der Waals surface area contributed by atoms with Crippen LogP contribution in [0.5, 0.6) is 0 Å². The van der Waals surface area contributed by atoms with Crippen LogP contribution in [0.4, 0.5) is 0 Å². The zero-order valence-corrected chi connectivity index (χ0v) is 13.5. The van der Waals surface area contributed by atoms with Crippen molar-refractivity contribution in [2.75, 3.05) is 27.2 Å². The summed E-state index contributed by atoms with van der Waals surface area (Å²) < 4.78 is 1.19. The number of hydrogen-bond acceptors (Lipinski definition) is 0. The highest BCUT2D eigenvalue weighted by Crippen LogP contribution is 2.09. The van der Waals surface area contributed by atoms with E-state index >= 15 is 0 Å². The SMILES string of the molecule is CCCCCCCCCC[N+](C)(C)CC.[Br-]. The lowest BCUT2D eigenvalue weighted by Crippen LogP contribution is -3.00. The molecule has 16 heavy (non-hydrogen) atoms. The van der Waals surface area contributed by atoms with Crippen LogP contribution in [0.3, 0.4) is 0 Å². The summed E-state index contributed by atoms with van der Waals surface area (Å²) in [6, 6.07) is 0. The molecule has 0 aliphatic carbocycles. The molecule has 0 atom stereocenters. The van der Waals surface area contributed by atoms with Gasteiger partial charge in [0.2, 0.25) is 0 Å². The molecule has 0 bridgehead atoms. The average Bonchev–Trinajstić information content (AvgIpc) is 2.22. The van der Waals surface area contributed by atoms with Crippen molar-refractivity contribution in [2.45, 2.75) is 65.2 Å². The minimum Gasteiger partial charge on any atom is -1.00 e. The summed E-state index contributed by atoms with van der Waals surface area (Å²) in [4.78, 5) is 0. The topological polar surface area (TPSA) is 0 Å². The van der Waals surface area contributed by atoms with Crippen LogP contribution >= 0.6 is 0 Å². The van der Waals surface area contributed by atoms with Crippen LogP contribution in [0.2, 0.25) is 0 Å². The maximum absolute atomic E-state index is 2.33. The second-order valence-corrected chi connectivity index (χ2v) is 5.45. The van der Waals surface area contributed by atoms with E-state index in [9.17, 15) is 0 Å². The third-order valence-corrected chi connectivity index (χ3v) is 3.47. The summed E-state index contributed by atoms with van der Waals surface area (Å²) in [5, 5.41) is 0. The molecule has 0 fully saturated rings. The first-order valence-electron chi connectivity index (χ1n) is 6.94. The van der Waals surface area contributed by atoms with Gasteiger partial charge in [-0.1, -0.05) is 45.4 Å². The lowest BCUT2D eigenvalue weighted by Gasteiger charge is -2.28. The van der Waals surface area contributed by atoms with E-state index in [1.54, 1.807) is 0 Å². The van der Waals surface area contributed by atoms with E-state index in [2.05, 4.69) is 27.9 Å². The first-order valence-corrected chi connectivity index (χ1v) is 6.94. The van der Waals surface area contributed by atoms with Crippen LogP contribution < -0.4 is 17.0 Å². The molecule has 0 heterocycles. The van der Waals surface area contributed by atoms with E-state index in [0.29, 0.717) is 0 Å². The van der Waals surface area contributed by atoms with E-state index in [1.807, 2.05) is 0 Å². The molecule has 0 rings (SSSR count). The fourth-order valence-electron chi connectivity index (χ4n) is 1.83. The maximum atomic E-state index is 2.33. The van der Waals surface area contributed by atoms with Crippen molar-refractivity contribution >= 4 is 0 Å². The first kappa shape index (κ1) is 18.8. The van der Waals surface area contributed by atoms with Crippen molar-refractivity contribution in [2.24, 2.45) is 0 Å². The molecule has 100 valence electrons. The summed E-state index contributed by atoms with van der Waals surface area (Å²) in [6.45, 7) is 7.18. The van der Waals surface area contributed by atoms with E-state index < -0.39 is 0 Å². The van der Waals surface area contributed by atoms with Crippen LogP contribution in [0, 0.1) is 0 Å². The van der Waals surface area contributed by atoms with Crippen molar-refractivity contribution < 1.29 is 21.5 Å². The third kappa shape index (κ3) is 12.5. The highest BCUT2D eigenvalue weighted by atomic mass is 79.9. The molecule has 0 amide bonds. The Morgan fingerprint density at radius 1 is 0.688 bits per heavy atom. The summed E-state index contributed by atoms with van der Waals surface area (Å²) in [5.74, 6) is 0. The van der Waals surface area contributed by atoms with Gasteiger partial charge in [0, 0.05) is 0 Å². The molecule has 1 nitrogen and oxygen atoms in total. The van der Waals surface area contributed by atoms with E-state index in [4.69, 9.17) is 0 Å². The summed E-state index contributed by atoms with van der Waals surface area (Å²) in [6.07, 6.45) is 11.5. The second-order valence-electron chi connectivity index (χ2n) is 5.45. The van der Waals surface area contributed by atoms with Crippen molar-refractivity contribution in [3.05, 3.63) is 0 Å². The Hall–Kier alpha value is 0.440. The predicted molar refractivity (Wildman–Crippen MR) is 70.1 cm³/mol. The molecule has 2 heteroatoms. The fourth-order valence-corrected chi connectivity index (χ4v) is 1.83. The zero-order valence-electron chi connectivity index (χ0n) is 11.9. The highest BCUT2D eigenvalue weighted by Gasteiger charge is 2.09. The Labute approximate surface area is 114 Å². The Kier molecular flexibility index (Phi) is 14.0. The van der Waals surface area contributed by atoms with Crippen molar-refractivity contribution in [3.63, 3.8) is 0 Å². The second kappa shape index (κ2) is 11.9. The smallest absolute Gasteiger partial charge is 0.0782 e. The van der Waals surface area contributed by atoms with Gasteiger partial charge in [-0.15, -0.1) is 0 Å². The van der Waals surface area contributed by atoms with E-state index in [-0.39, 0.29) is 17.0 Å². The summed E-state index contributed by atoms with van der Waals surface area (Å²) in [7, 11) is 4.67. The Balaban J connectivity index is 0. The van der Waals surface area contributed by atoms with Gasteiger partial charge in [0.25, 0.3) is 0 Å². The molecular formula is C14H32BrN. The standard InChI is InChI=1S/C14H32N.BrH/c1-5-7-8-9-10-11-12-13-14-15(3,4)6-2;/h5-14H2,1-4H3;1H/q+1;/p-1. The van der Waals surface area contributed by atoms with Crippen LogP contribution in [-0.4, -0.2) is 31.7 Å². The first-order chi connectivity index (χ1) is 7.12. The molecule has 0 saturated carbocycles.